The zero-order valence-corrected chi connectivity index (χ0v) is 13.7. The second-order valence-corrected chi connectivity index (χ2v) is 7.04. The van der Waals surface area contributed by atoms with Gasteiger partial charge in [0.05, 0.1) is 6.54 Å². The lowest BCUT2D eigenvalue weighted by molar-refractivity contribution is -0.134. The smallest absolute Gasteiger partial charge is 0.236 e. The van der Waals surface area contributed by atoms with Crippen LogP contribution in [0.1, 0.15) is 38.2 Å². The normalized spacial score (nSPS) is 26.3. The summed E-state index contributed by atoms with van der Waals surface area (Å²) < 4.78 is 0. The van der Waals surface area contributed by atoms with Crippen LogP contribution in [0.15, 0.2) is 30.3 Å². The summed E-state index contributed by atoms with van der Waals surface area (Å²) in [5.41, 5.74) is 1.39. The maximum absolute atomic E-state index is 12.6. The fourth-order valence-corrected chi connectivity index (χ4v) is 3.91. The molecule has 0 aromatic heterocycles. The summed E-state index contributed by atoms with van der Waals surface area (Å²) >= 11 is 0. The van der Waals surface area contributed by atoms with Gasteiger partial charge in [0, 0.05) is 19.1 Å². The zero-order chi connectivity index (χ0) is 15.4. The molecule has 2 aliphatic heterocycles. The van der Waals surface area contributed by atoms with Gasteiger partial charge in [-0.1, -0.05) is 37.3 Å². The van der Waals surface area contributed by atoms with E-state index in [2.05, 4.69) is 47.1 Å². The lowest BCUT2D eigenvalue weighted by Gasteiger charge is -2.33. The van der Waals surface area contributed by atoms with E-state index >= 15 is 0 Å². The van der Waals surface area contributed by atoms with Gasteiger partial charge in [-0.3, -0.25) is 9.69 Å². The first-order chi connectivity index (χ1) is 10.7. The van der Waals surface area contributed by atoms with E-state index < -0.39 is 0 Å². The molecule has 0 aliphatic carbocycles. The molecular weight excluding hydrogens is 272 g/mol. The Kier molecular flexibility index (Phi) is 5.14. The van der Waals surface area contributed by atoms with Crippen LogP contribution >= 0.6 is 0 Å². The highest BCUT2D eigenvalue weighted by molar-refractivity contribution is 5.78. The van der Waals surface area contributed by atoms with E-state index in [9.17, 15) is 4.79 Å². The molecule has 3 rings (SSSR count). The number of carbonyl (C=O) groups excluding carboxylic acids is 1. The number of amides is 1. The van der Waals surface area contributed by atoms with Gasteiger partial charge in [0.25, 0.3) is 0 Å². The summed E-state index contributed by atoms with van der Waals surface area (Å²) in [5, 5.41) is 0. The fraction of sp³-hybridized carbons (Fsp3) is 0.632. The number of nitrogens with zero attached hydrogens (tertiary/aromatic N) is 2. The van der Waals surface area contributed by atoms with Gasteiger partial charge in [0.1, 0.15) is 0 Å². The van der Waals surface area contributed by atoms with E-state index in [4.69, 9.17) is 0 Å². The van der Waals surface area contributed by atoms with Crippen LogP contribution in [0, 0.1) is 5.92 Å². The van der Waals surface area contributed by atoms with E-state index in [1.807, 2.05) is 0 Å². The number of rotatable bonds is 4. The van der Waals surface area contributed by atoms with Crippen LogP contribution < -0.4 is 0 Å². The number of carbonyl (C=O) groups is 1. The van der Waals surface area contributed by atoms with Crippen LogP contribution in [0.25, 0.3) is 0 Å². The molecule has 0 saturated carbocycles. The maximum atomic E-state index is 12.6. The van der Waals surface area contributed by atoms with E-state index in [1.54, 1.807) is 0 Å². The second-order valence-electron chi connectivity index (χ2n) is 7.04. The highest BCUT2D eigenvalue weighted by Crippen LogP contribution is 2.22. The number of piperidine rings is 1. The van der Waals surface area contributed by atoms with Crippen LogP contribution in [0.2, 0.25) is 0 Å². The van der Waals surface area contributed by atoms with E-state index in [0.29, 0.717) is 24.4 Å². The van der Waals surface area contributed by atoms with Gasteiger partial charge in [-0.2, -0.15) is 0 Å². The Labute approximate surface area is 134 Å². The minimum Gasteiger partial charge on any atom is -0.341 e. The first-order valence-corrected chi connectivity index (χ1v) is 8.78. The van der Waals surface area contributed by atoms with Gasteiger partial charge in [0.15, 0.2) is 0 Å². The minimum atomic E-state index is 0.339. The van der Waals surface area contributed by atoms with Gasteiger partial charge in [0.2, 0.25) is 5.91 Å². The van der Waals surface area contributed by atoms with Gasteiger partial charge in [-0.05, 0) is 50.1 Å². The van der Waals surface area contributed by atoms with Crippen LogP contribution in [-0.2, 0) is 11.2 Å². The number of benzene rings is 1. The SMILES string of the molecule is C[C@@H]1CCCN(C(=O)CN2CCC[C@H]2Cc2ccccc2)C1. The molecule has 2 fully saturated rings. The molecule has 2 heterocycles. The molecule has 0 N–H and O–H groups in total. The number of hydrogen-bond donors (Lipinski definition) is 0. The first-order valence-electron chi connectivity index (χ1n) is 8.78. The third-order valence-corrected chi connectivity index (χ3v) is 5.16. The Morgan fingerprint density at radius 1 is 1.14 bits per heavy atom. The highest BCUT2D eigenvalue weighted by atomic mass is 16.2. The number of likely N-dealkylation sites (tertiary alicyclic amines) is 2. The first kappa shape index (κ1) is 15.5. The molecule has 1 aromatic rings. The van der Waals surface area contributed by atoms with Gasteiger partial charge >= 0.3 is 0 Å². The molecule has 0 unspecified atom stereocenters. The molecule has 2 aliphatic rings. The quantitative estimate of drug-likeness (QED) is 0.853. The van der Waals surface area contributed by atoms with Crippen molar-refractivity contribution in [1.82, 2.24) is 9.80 Å². The van der Waals surface area contributed by atoms with Crippen LogP contribution in [-0.4, -0.2) is 47.9 Å². The zero-order valence-electron chi connectivity index (χ0n) is 13.7. The molecular formula is C19H28N2O. The van der Waals surface area contributed by atoms with Crippen molar-refractivity contribution in [3.63, 3.8) is 0 Å². The average molecular weight is 300 g/mol. The second kappa shape index (κ2) is 7.28. The topological polar surface area (TPSA) is 23.6 Å². The lowest BCUT2D eigenvalue weighted by atomic mass is 10.0. The molecule has 0 radical (unpaired) electrons. The van der Waals surface area contributed by atoms with Crippen molar-refractivity contribution in [3.8, 4) is 0 Å². The molecule has 0 spiro atoms. The average Bonchev–Trinajstić information content (AvgIpc) is 2.95. The highest BCUT2D eigenvalue weighted by Gasteiger charge is 2.29. The van der Waals surface area contributed by atoms with Crippen molar-refractivity contribution < 1.29 is 4.79 Å². The van der Waals surface area contributed by atoms with Crippen molar-refractivity contribution in [2.45, 2.75) is 45.1 Å². The fourth-order valence-electron chi connectivity index (χ4n) is 3.91. The summed E-state index contributed by atoms with van der Waals surface area (Å²) in [6.07, 6.45) is 5.95. The van der Waals surface area contributed by atoms with Gasteiger partial charge in [-0.25, -0.2) is 0 Å². The van der Waals surface area contributed by atoms with Crippen molar-refractivity contribution in [1.29, 1.82) is 0 Å². The largest absolute Gasteiger partial charge is 0.341 e. The predicted molar refractivity (Wildman–Crippen MR) is 89.7 cm³/mol. The molecule has 22 heavy (non-hydrogen) atoms. The van der Waals surface area contributed by atoms with Crippen molar-refractivity contribution >= 4 is 5.91 Å². The van der Waals surface area contributed by atoms with Crippen molar-refractivity contribution in [2.75, 3.05) is 26.2 Å². The standard InChI is InChI=1S/C19H28N2O/c1-16-7-5-12-21(14-16)19(22)15-20-11-6-10-18(20)13-17-8-3-2-4-9-17/h2-4,8-9,16,18H,5-7,10-15H2,1H3/t16-,18+/m1/s1. The number of hydrogen-bond acceptors (Lipinski definition) is 2. The third kappa shape index (κ3) is 3.89. The van der Waals surface area contributed by atoms with E-state index in [0.717, 1.165) is 26.1 Å². The molecule has 120 valence electrons. The summed E-state index contributed by atoms with van der Waals surface area (Å²) in [7, 11) is 0. The van der Waals surface area contributed by atoms with Crippen LogP contribution in [0.3, 0.4) is 0 Å². The Hall–Kier alpha value is -1.35. The minimum absolute atomic E-state index is 0.339. The molecule has 1 amide bonds. The molecule has 0 bridgehead atoms. The van der Waals surface area contributed by atoms with E-state index in [1.165, 1.54) is 31.2 Å². The third-order valence-electron chi connectivity index (χ3n) is 5.16. The predicted octanol–water partition coefficient (Wildman–Crippen LogP) is 2.95. The molecule has 1 aromatic carbocycles. The van der Waals surface area contributed by atoms with E-state index in [-0.39, 0.29) is 0 Å². The van der Waals surface area contributed by atoms with Crippen molar-refractivity contribution in [2.24, 2.45) is 5.92 Å². The summed E-state index contributed by atoms with van der Waals surface area (Å²) in [6, 6.07) is 11.2. The Bertz CT molecular complexity index is 487. The van der Waals surface area contributed by atoms with Gasteiger partial charge in [-0.15, -0.1) is 0 Å². The molecule has 3 nitrogen and oxygen atoms in total. The summed E-state index contributed by atoms with van der Waals surface area (Å²) in [4.78, 5) is 17.1. The monoisotopic (exact) mass is 300 g/mol. The lowest BCUT2D eigenvalue weighted by Crippen LogP contribution is -2.46. The molecule has 2 atom stereocenters. The van der Waals surface area contributed by atoms with Crippen LogP contribution in [0.5, 0.6) is 0 Å². The van der Waals surface area contributed by atoms with Gasteiger partial charge < -0.3 is 4.90 Å². The van der Waals surface area contributed by atoms with Crippen LogP contribution in [0.4, 0.5) is 0 Å². The Balaban J connectivity index is 1.55. The maximum Gasteiger partial charge on any atom is 0.236 e. The molecule has 2 saturated heterocycles. The van der Waals surface area contributed by atoms with Crippen molar-refractivity contribution in [3.05, 3.63) is 35.9 Å². The Morgan fingerprint density at radius 3 is 2.68 bits per heavy atom. The summed E-state index contributed by atoms with van der Waals surface area (Å²) in [5.74, 6) is 1.00. The summed E-state index contributed by atoms with van der Waals surface area (Å²) in [6.45, 7) is 5.86. The Morgan fingerprint density at radius 2 is 1.91 bits per heavy atom. The molecule has 3 heteroatoms.